The molecule has 0 bridgehead atoms. The van der Waals surface area contributed by atoms with Crippen LogP contribution in [0.15, 0.2) is 32.0 Å². The van der Waals surface area contributed by atoms with Crippen LogP contribution in [0.4, 0.5) is 0 Å². The van der Waals surface area contributed by atoms with E-state index in [1.165, 1.54) is 0 Å². The van der Waals surface area contributed by atoms with Crippen LogP contribution < -0.4 is 5.63 Å². The molecule has 1 N–H and O–H groups in total. The highest BCUT2D eigenvalue weighted by Crippen LogP contribution is 2.34. The van der Waals surface area contributed by atoms with Gasteiger partial charge in [-0.05, 0) is 12.8 Å². The predicted octanol–water partition coefficient (Wildman–Crippen LogP) is 2.61. The van der Waals surface area contributed by atoms with E-state index in [1.807, 2.05) is 20.8 Å². The molecule has 0 unspecified atom stereocenters. The summed E-state index contributed by atoms with van der Waals surface area (Å²) in [6.45, 7) is 6.62. The summed E-state index contributed by atoms with van der Waals surface area (Å²) >= 11 is 0. The van der Waals surface area contributed by atoms with Crippen LogP contribution in [0.3, 0.4) is 0 Å². The molecule has 1 amide bonds. The first-order chi connectivity index (χ1) is 11.3. The van der Waals surface area contributed by atoms with E-state index in [-0.39, 0.29) is 23.0 Å². The number of nitrogens with zero attached hydrogens (tertiary/aromatic N) is 2. The summed E-state index contributed by atoms with van der Waals surface area (Å²) in [4.78, 5) is 30.1. The van der Waals surface area contributed by atoms with Gasteiger partial charge in [0.25, 0.3) is 5.91 Å². The van der Waals surface area contributed by atoms with Gasteiger partial charge in [0.05, 0.1) is 11.8 Å². The molecule has 1 saturated heterocycles. The van der Waals surface area contributed by atoms with Gasteiger partial charge in [0.1, 0.15) is 18.1 Å². The van der Waals surface area contributed by atoms with E-state index < -0.39 is 11.5 Å². The Morgan fingerprint density at radius 2 is 2.12 bits per heavy atom. The maximum absolute atomic E-state index is 12.7. The largest absolute Gasteiger partial charge is 0.508 e. The smallest absolute Gasteiger partial charge is 0.340 e. The quantitative estimate of drug-likeness (QED) is 0.908. The molecule has 0 aliphatic carbocycles. The summed E-state index contributed by atoms with van der Waals surface area (Å²) in [6, 6.07) is 1.76. The van der Waals surface area contributed by atoms with Crippen LogP contribution in [0, 0.1) is 0 Å². The summed E-state index contributed by atoms with van der Waals surface area (Å²) in [7, 11) is 0. The van der Waals surface area contributed by atoms with Crippen molar-refractivity contribution in [3.8, 4) is 5.75 Å². The summed E-state index contributed by atoms with van der Waals surface area (Å²) in [5, 5.41) is 9.50. The number of hydrogen-bond acceptors (Lipinski definition) is 6. The van der Waals surface area contributed by atoms with Crippen molar-refractivity contribution < 1.29 is 18.7 Å². The van der Waals surface area contributed by atoms with E-state index in [9.17, 15) is 14.7 Å². The average Bonchev–Trinajstić information content (AvgIpc) is 3.13. The molecular weight excluding hydrogens is 312 g/mol. The first-order valence-corrected chi connectivity index (χ1v) is 7.87. The maximum atomic E-state index is 12.7. The van der Waals surface area contributed by atoms with Crippen molar-refractivity contribution >= 4 is 5.91 Å². The van der Waals surface area contributed by atoms with E-state index in [4.69, 9.17) is 8.83 Å². The molecule has 2 aromatic rings. The lowest BCUT2D eigenvalue weighted by Gasteiger charge is -2.21. The zero-order chi connectivity index (χ0) is 17.5. The molecular formula is C17H20N2O5. The molecule has 24 heavy (non-hydrogen) atoms. The number of carbonyl (C=O) groups excluding carboxylic acids is 1. The SMILES string of the molecule is CC(C)(C)c1coc([C@H]2CCCN2C(=O)c2cc(O)cc(=O)o2)n1. The van der Waals surface area contributed by atoms with Crippen LogP contribution in [-0.2, 0) is 5.41 Å². The zero-order valence-electron chi connectivity index (χ0n) is 13.9. The second kappa shape index (κ2) is 5.81. The minimum absolute atomic E-state index is 0.146. The Kier molecular flexibility index (Phi) is 3.95. The summed E-state index contributed by atoms with van der Waals surface area (Å²) in [5.41, 5.74) is -0.0892. The zero-order valence-corrected chi connectivity index (χ0v) is 13.9. The number of amides is 1. The van der Waals surface area contributed by atoms with E-state index >= 15 is 0 Å². The molecule has 1 atom stereocenters. The number of rotatable bonds is 2. The highest BCUT2D eigenvalue weighted by molar-refractivity contribution is 5.92. The summed E-state index contributed by atoms with van der Waals surface area (Å²) in [5.74, 6) is -0.458. The van der Waals surface area contributed by atoms with Crippen molar-refractivity contribution in [2.24, 2.45) is 0 Å². The van der Waals surface area contributed by atoms with Crippen molar-refractivity contribution in [3.63, 3.8) is 0 Å². The molecule has 7 nitrogen and oxygen atoms in total. The van der Waals surface area contributed by atoms with Crippen LogP contribution in [-0.4, -0.2) is 27.4 Å². The van der Waals surface area contributed by atoms with Crippen molar-refractivity contribution in [2.75, 3.05) is 6.54 Å². The fraction of sp³-hybridized carbons (Fsp3) is 0.471. The van der Waals surface area contributed by atoms with Crippen LogP contribution in [0.5, 0.6) is 5.75 Å². The Morgan fingerprint density at radius 3 is 2.75 bits per heavy atom. The standard InChI is InChI=1S/C17H20N2O5/c1-17(2,3)13-9-23-15(18-13)11-5-4-6-19(11)16(22)12-7-10(20)8-14(21)24-12/h7-9,11,20H,4-6H2,1-3H3/t11-/m1/s1. The van der Waals surface area contributed by atoms with Crippen molar-refractivity contribution in [2.45, 2.75) is 45.1 Å². The van der Waals surface area contributed by atoms with E-state index in [2.05, 4.69) is 4.98 Å². The van der Waals surface area contributed by atoms with Crippen LogP contribution in [0.2, 0.25) is 0 Å². The van der Waals surface area contributed by atoms with Gasteiger partial charge in [-0.1, -0.05) is 20.8 Å². The van der Waals surface area contributed by atoms with Crippen molar-refractivity contribution in [1.29, 1.82) is 0 Å². The van der Waals surface area contributed by atoms with Crippen LogP contribution in [0.1, 0.15) is 61.8 Å². The third-order valence-corrected chi connectivity index (χ3v) is 4.06. The molecule has 0 saturated carbocycles. The first-order valence-electron chi connectivity index (χ1n) is 7.87. The Bertz CT molecular complexity index is 815. The molecule has 1 aliphatic heterocycles. The molecule has 0 spiro atoms. The molecule has 0 radical (unpaired) electrons. The molecule has 1 aliphatic rings. The first kappa shape index (κ1) is 16.3. The van der Waals surface area contributed by atoms with E-state index in [0.717, 1.165) is 30.7 Å². The number of hydrogen-bond donors (Lipinski definition) is 1. The highest BCUT2D eigenvalue weighted by atomic mass is 16.4. The lowest BCUT2D eigenvalue weighted by Crippen LogP contribution is -2.31. The van der Waals surface area contributed by atoms with Crippen molar-refractivity contribution in [3.05, 3.63) is 46.2 Å². The van der Waals surface area contributed by atoms with Crippen LogP contribution in [0.25, 0.3) is 0 Å². The number of oxazole rings is 1. The third-order valence-electron chi connectivity index (χ3n) is 4.06. The maximum Gasteiger partial charge on any atom is 0.340 e. The van der Waals surface area contributed by atoms with Gasteiger partial charge < -0.3 is 18.8 Å². The van der Waals surface area contributed by atoms with Gasteiger partial charge in [-0.15, -0.1) is 0 Å². The average molecular weight is 332 g/mol. The topological polar surface area (TPSA) is 96.8 Å². The van der Waals surface area contributed by atoms with Gasteiger partial charge >= 0.3 is 5.63 Å². The van der Waals surface area contributed by atoms with Gasteiger partial charge in [-0.3, -0.25) is 4.79 Å². The molecule has 0 aromatic carbocycles. The number of aromatic hydroxyl groups is 1. The second-order valence-electron chi connectivity index (χ2n) is 6.98. The predicted molar refractivity (Wildman–Crippen MR) is 84.9 cm³/mol. The Labute approximate surface area is 138 Å². The molecule has 2 aromatic heterocycles. The molecule has 3 heterocycles. The van der Waals surface area contributed by atoms with Gasteiger partial charge in [0.2, 0.25) is 5.89 Å². The third kappa shape index (κ3) is 3.06. The van der Waals surface area contributed by atoms with Gasteiger partial charge in [0, 0.05) is 18.0 Å². The van der Waals surface area contributed by atoms with Gasteiger partial charge in [0.15, 0.2) is 5.76 Å². The van der Waals surface area contributed by atoms with E-state index in [1.54, 1.807) is 11.2 Å². The summed E-state index contributed by atoms with van der Waals surface area (Å²) in [6.07, 6.45) is 3.14. The Balaban J connectivity index is 1.89. The lowest BCUT2D eigenvalue weighted by atomic mass is 9.93. The monoisotopic (exact) mass is 332 g/mol. The number of carbonyl (C=O) groups is 1. The normalized spacial score (nSPS) is 18.1. The van der Waals surface area contributed by atoms with Crippen molar-refractivity contribution in [1.82, 2.24) is 9.88 Å². The molecule has 7 heteroatoms. The molecule has 1 fully saturated rings. The molecule has 128 valence electrons. The second-order valence-corrected chi connectivity index (χ2v) is 6.98. The highest BCUT2D eigenvalue weighted by Gasteiger charge is 2.35. The Morgan fingerprint density at radius 1 is 1.38 bits per heavy atom. The number of likely N-dealkylation sites (tertiary alicyclic amines) is 1. The van der Waals surface area contributed by atoms with E-state index in [0.29, 0.717) is 12.4 Å². The molecule has 3 rings (SSSR count). The van der Waals surface area contributed by atoms with Gasteiger partial charge in [-0.2, -0.15) is 0 Å². The minimum Gasteiger partial charge on any atom is -0.508 e. The summed E-state index contributed by atoms with van der Waals surface area (Å²) < 4.78 is 10.5. The lowest BCUT2D eigenvalue weighted by molar-refractivity contribution is 0.0677. The fourth-order valence-corrected chi connectivity index (χ4v) is 2.76. The minimum atomic E-state index is -0.764. The van der Waals surface area contributed by atoms with Gasteiger partial charge in [-0.25, -0.2) is 9.78 Å². The fourth-order valence-electron chi connectivity index (χ4n) is 2.76. The number of aromatic nitrogens is 1. The Hall–Kier alpha value is -2.57. The van der Waals surface area contributed by atoms with Crippen LogP contribution >= 0.6 is 0 Å².